The smallest absolute Gasteiger partial charge is 0.231 e. The van der Waals surface area contributed by atoms with E-state index in [1.54, 1.807) is 0 Å². The van der Waals surface area contributed by atoms with Crippen LogP contribution in [-0.2, 0) is 6.54 Å². The minimum Gasteiger partial charge on any atom is -0.454 e. The van der Waals surface area contributed by atoms with Gasteiger partial charge in [-0.05, 0) is 41.1 Å². The molecule has 2 aliphatic rings. The number of benzene rings is 1. The molecule has 146 valence electrons. The van der Waals surface area contributed by atoms with E-state index in [0.717, 1.165) is 68.5 Å². The van der Waals surface area contributed by atoms with Gasteiger partial charge in [0.25, 0.3) is 0 Å². The minimum atomic E-state index is 0.262. The van der Waals surface area contributed by atoms with Gasteiger partial charge in [0.2, 0.25) is 6.79 Å². The molecule has 4 rings (SSSR count). The standard InChI is InChI=1S/C19H28N6O2/c1-3-5-16(24-10-8-23(4-2)9-11-24)19-20-21-22-25(19)13-15-6-7-17-18(12-15)27-14-26-17/h6-7,12,16H,3-5,8-11,13-14H2,1-2H3/t16-/m0/s1. The van der Waals surface area contributed by atoms with Crippen LogP contribution < -0.4 is 9.47 Å². The number of piperazine rings is 1. The van der Waals surface area contributed by atoms with Crippen LogP contribution >= 0.6 is 0 Å². The van der Waals surface area contributed by atoms with Crippen LogP contribution in [0, 0.1) is 0 Å². The fraction of sp³-hybridized carbons (Fsp3) is 0.632. The third kappa shape index (κ3) is 3.91. The van der Waals surface area contributed by atoms with E-state index < -0.39 is 0 Å². The summed E-state index contributed by atoms with van der Waals surface area (Å²) in [7, 11) is 0. The third-order valence-corrected chi connectivity index (χ3v) is 5.48. The van der Waals surface area contributed by atoms with E-state index in [2.05, 4.69) is 39.2 Å². The number of fused-ring (bicyclic) bond motifs is 1. The number of hydrogen-bond donors (Lipinski definition) is 0. The van der Waals surface area contributed by atoms with E-state index in [9.17, 15) is 0 Å². The van der Waals surface area contributed by atoms with Gasteiger partial charge in [-0.15, -0.1) is 5.10 Å². The Kier molecular flexibility index (Phi) is 5.54. The predicted molar refractivity (Wildman–Crippen MR) is 101 cm³/mol. The number of tetrazole rings is 1. The molecule has 2 aromatic rings. The average Bonchev–Trinajstić information content (AvgIpc) is 3.35. The Labute approximate surface area is 160 Å². The molecule has 0 N–H and O–H groups in total. The summed E-state index contributed by atoms with van der Waals surface area (Å²) >= 11 is 0. The summed E-state index contributed by atoms with van der Waals surface area (Å²) in [5.41, 5.74) is 1.11. The predicted octanol–water partition coefficient (Wildman–Crippen LogP) is 1.93. The molecule has 0 amide bonds. The maximum absolute atomic E-state index is 5.49. The molecule has 2 aliphatic heterocycles. The zero-order valence-corrected chi connectivity index (χ0v) is 16.2. The topological polar surface area (TPSA) is 68.5 Å². The molecule has 1 aromatic carbocycles. The first kappa shape index (κ1) is 18.2. The van der Waals surface area contributed by atoms with Gasteiger partial charge in [-0.1, -0.05) is 26.3 Å². The molecule has 8 nitrogen and oxygen atoms in total. The van der Waals surface area contributed by atoms with Crippen LogP contribution in [0.4, 0.5) is 0 Å². The van der Waals surface area contributed by atoms with Gasteiger partial charge in [-0.3, -0.25) is 4.90 Å². The summed E-state index contributed by atoms with van der Waals surface area (Å²) in [5.74, 6) is 2.55. The molecule has 27 heavy (non-hydrogen) atoms. The van der Waals surface area contributed by atoms with Crippen molar-refractivity contribution >= 4 is 0 Å². The summed E-state index contributed by atoms with van der Waals surface area (Å²) in [4.78, 5) is 5.03. The molecule has 0 radical (unpaired) electrons. The van der Waals surface area contributed by atoms with E-state index in [1.807, 2.05) is 22.9 Å². The van der Waals surface area contributed by atoms with Crippen LogP contribution in [0.25, 0.3) is 0 Å². The van der Waals surface area contributed by atoms with E-state index in [1.165, 1.54) is 0 Å². The summed E-state index contributed by atoms with van der Waals surface area (Å²) in [6, 6.07) is 6.28. The van der Waals surface area contributed by atoms with Gasteiger partial charge in [-0.25, -0.2) is 4.68 Å². The molecule has 0 aliphatic carbocycles. The zero-order valence-electron chi connectivity index (χ0n) is 16.2. The number of rotatable bonds is 7. The molecule has 0 unspecified atom stereocenters. The largest absolute Gasteiger partial charge is 0.454 e. The molecule has 0 spiro atoms. The van der Waals surface area contributed by atoms with Crippen molar-refractivity contribution < 1.29 is 9.47 Å². The van der Waals surface area contributed by atoms with Gasteiger partial charge >= 0.3 is 0 Å². The van der Waals surface area contributed by atoms with Crippen molar-refractivity contribution in [2.75, 3.05) is 39.5 Å². The fourth-order valence-electron chi connectivity index (χ4n) is 3.91. The van der Waals surface area contributed by atoms with Crippen LogP contribution in [0.15, 0.2) is 18.2 Å². The summed E-state index contributed by atoms with van der Waals surface area (Å²) in [6.07, 6.45) is 2.17. The lowest BCUT2D eigenvalue weighted by Crippen LogP contribution is -2.47. The molecule has 0 bridgehead atoms. The summed E-state index contributed by atoms with van der Waals surface area (Å²) in [5, 5.41) is 12.7. The highest BCUT2D eigenvalue weighted by atomic mass is 16.7. The highest BCUT2D eigenvalue weighted by Crippen LogP contribution is 2.33. The second-order valence-electron chi connectivity index (χ2n) is 7.16. The number of ether oxygens (including phenoxy) is 2. The monoisotopic (exact) mass is 372 g/mol. The quantitative estimate of drug-likeness (QED) is 0.735. The maximum Gasteiger partial charge on any atom is 0.231 e. The van der Waals surface area contributed by atoms with Crippen molar-refractivity contribution in [3.8, 4) is 11.5 Å². The van der Waals surface area contributed by atoms with Gasteiger partial charge < -0.3 is 14.4 Å². The fourth-order valence-corrected chi connectivity index (χ4v) is 3.91. The highest BCUT2D eigenvalue weighted by molar-refractivity contribution is 5.44. The van der Waals surface area contributed by atoms with Crippen LogP contribution in [0.5, 0.6) is 11.5 Å². The molecule has 1 aromatic heterocycles. The molecule has 8 heteroatoms. The lowest BCUT2D eigenvalue weighted by atomic mass is 10.1. The highest BCUT2D eigenvalue weighted by Gasteiger charge is 2.28. The van der Waals surface area contributed by atoms with Gasteiger partial charge in [0.1, 0.15) is 0 Å². The Hall–Kier alpha value is -2.19. The normalized spacial score (nSPS) is 18.7. The number of hydrogen-bond acceptors (Lipinski definition) is 7. The summed E-state index contributed by atoms with van der Waals surface area (Å²) in [6.45, 7) is 10.8. The Balaban J connectivity index is 1.52. The number of aromatic nitrogens is 4. The van der Waals surface area contributed by atoms with E-state index in [-0.39, 0.29) is 12.8 Å². The first-order chi connectivity index (χ1) is 13.3. The molecule has 0 saturated carbocycles. The average molecular weight is 372 g/mol. The zero-order chi connectivity index (χ0) is 18.6. The van der Waals surface area contributed by atoms with Gasteiger partial charge in [0, 0.05) is 26.2 Å². The minimum absolute atomic E-state index is 0.262. The van der Waals surface area contributed by atoms with E-state index in [4.69, 9.17) is 9.47 Å². The van der Waals surface area contributed by atoms with Crippen LogP contribution in [0.2, 0.25) is 0 Å². The third-order valence-electron chi connectivity index (χ3n) is 5.48. The first-order valence-electron chi connectivity index (χ1n) is 9.89. The second kappa shape index (κ2) is 8.22. The van der Waals surface area contributed by atoms with Crippen LogP contribution in [0.3, 0.4) is 0 Å². The molecular weight excluding hydrogens is 344 g/mol. The first-order valence-corrected chi connectivity index (χ1v) is 9.89. The van der Waals surface area contributed by atoms with Crippen molar-refractivity contribution in [1.29, 1.82) is 0 Å². The second-order valence-corrected chi connectivity index (χ2v) is 7.16. The Bertz CT molecular complexity index is 756. The molecule has 1 saturated heterocycles. The SMILES string of the molecule is CCC[C@@H](c1nnnn1Cc1ccc2c(c1)OCO2)N1CCN(CC)CC1. The van der Waals surface area contributed by atoms with Crippen molar-refractivity contribution in [2.24, 2.45) is 0 Å². The maximum atomic E-state index is 5.49. The molecule has 1 atom stereocenters. The number of nitrogens with zero attached hydrogens (tertiary/aromatic N) is 6. The lowest BCUT2D eigenvalue weighted by molar-refractivity contribution is 0.0889. The van der Waals surface area contributed by atoms with E-state index >= 15 is 0 Å². The Morgan fingerprint density at radius 2 is 1.89 bits per heavy atom. The number of likely N-dealkylation sites (N-methyl/N-ethyl adjacent to an activating group) is 1. The van der Waals surface area contributed by atoms with Crippen LogP contribution in [0.1, 0.15) is 44.1 Å². The van der Waals surface area contributed by atoms with Crippen LogP contribution in [-0.4, -0.2) is 69.5 Å². The van der Waals surface area contributed by atoms with Crippen molar-refractivity contribution in [1.82, 2.24) is 30.0 Å². The van der Waals surface area contributed by atoms with Gasteiger partial charge in [0.05, 0.1) is 12.6 Å². The van der Waals surface area contributed by atoms with Gasteiger partial charge in [-0.2, -0.15) is 0 Å². The Morgan fingerprint density at radius 1 is 1.07 bits per heavy atom. The lowest BCUT2D eigenvalue weighted by Gasteiger charge is -2.38. The molecule has 3 heterocycles. The molecular formula is C19H28N6O2. The van der Waals surface area contributed by atoms with Crippen molar-refractivity contribution in [3.63, 3.8) is 0 Å². The van der Waals surface area contributed by atoms with Crippen molar-refractivity contribution in [3.05, 3.63) is 29.6 Å². The Morgan fingerprint density at radius 3 is 2.67 bits per heavy atom. The molecule has 1 fully saturated rings. The van der Waals surface area contributed by atoms with Crippen molar-refractivity contribution in [2.45, 2.75) is 39.3 Å². The summed E-state index contributed by atoms with van der Waals surface area (Å²) < 4.78 is 12.8. The van der Waals surface area contributed by atoms with Gasteiger partial charge in [0.15, 0.2) is 17.3 Å². The van der Waals surface area contributed by atoms with E-state index in [0.29, 0.717) is 6.54 Å².